The molecule has 0 radical (unpaired) electrons. The second-order valence-electron chi connectivity index (χ2n) is 4.41. The van der Waals surface area contributed by atoms with Crippen molar-refractivity contribution in [1.82, 2.24) is 18.7 Å². The normalized spacial score (nSPS) is 9.72. The van der Waals surface area contributed by atoms with Crippen molar-refractivity contribution in [3.05, 3.63) is 29.8 Å². The number of nitrogens with zero attached hydrogens (tertiary/aromatic N) is 4. The highest BCUT2D eigenvalue weighted by molar-refractivity contribution is 7.09. The first-order chi connectivity index (χ1) is 12.1. The summed E-state index contributed by atoms with van der Waals surface area (Å²) in [5.74, 6) is 0.853. The van der Waals surface area contributed by atoms with Crippen LogP contribution in [-0.4, -0.2) is 40.0 Å². The van der Waals surface area contributed by atoms with Gasteiger partial charge in [-0.1, -0.05) is 12.1 Å². The first-order valence-corrected chi connectivity index (χ1v) is 8.57. The van der Waals surface area contributed by atoms with Crippen molar-refractivity contribution in [2.45, 2.75) is 6.54 Å². The van der Waals surface area contributed by atoms with Crippen LogP contribution in [0.1, 0.15) is 5.56 Å². The summed E-state index contributed by atoms with van der Waals surface area (Å²) in [5, 5.41) is 4.36. The molecule has 1 aromatic carbocycles. The first-order valence-electron chi connectivity index (χ1n) is 7.02. The van der Waals surface area contributed by atoms with E-state index in [1.54, 1.807) is 14.2 Å². The van der Waals surface area contributed by atoms with Gasteiger partial charge in [0.25, 0.3) is 0 Å². The number of nitrogen functional groups attached to an aromatic ring is 1. The Kier molecular flexibility index (Phi) is 7.16. The third-order valence-electron chi connectivity index (χ3n) is 2.80. The number of ether oxygens (including phenoxy) is 3. The topological polar surface area (TPSA) is 117 Å². The predicted octanol–water partition coefficient (Wildman–Crippen LogP) is 2.30. The Morgan fingerprint density at radius 1 is 0.920 bits per heavy atom. The highest BCUT2D eigenvalue weighted by Crippen LogP contribution is 2.17. The zero-order valence-corrected chi connectivity index (χ0v) is 15.6. The van der Waals surface area contributed by atoms with E-state index in [1.165, 1.54) is 18.6 Å². The van der Waals surface area contributed by atoms with Crippen LogP contribution in [0.5, 0.6) is 17.8 Å². The molecule has 0 aliphatic carbocycles. The summed E-state index contributed by atoms with van der Waals surface area (Å²) in [5.41, 5.74) is 6.37. The predicted molar refractivity (Wildman–Crippen MR) is 97.7 cm³/mol. The monoisotopic (exact) mass is 382 g/mol. The molecule has 0 fully saturated rings. The summed E-state index contributed by atoms with van der Waals surface area (Å²) >= 11 is 2.40. The third kappa shape index (κ3) is 6.04. The molecule has 134 valence electrons. The van der Waals surface area contributed by atoms with Gasteiger partial charge >= 0.3 is 12.0 Å². The fraction of sp³-hybridized carbons (Fsp3) is 0.286. The second kappa shape index (κ2) is 9.59. The minimum Gasteiger partial charge on any atom is -0.497 e. The molecule has 2 heterocycles. The SMILES string of the molecule is COc1ccc(CNc2nc(OC)ns2)cc1.COc1nsc(N)n1. The lowest BCUT2D eigenvalue weighted by molar-refractivity contribution is 0.386. The smallest absolute Gasteiger partial charge is 0.329 e. The quantitative estimate of drug-likeness (QED) is 0.662. The van der Waals surface area contributed by atoms with Crippen molar-refractivity contribution in [1.29, 1.82) is 0 Å². The zero-order valence-electron chi connectivity index (χ0n) is 13.9. The molecule has 11 heteroatoms. The Morgan fingerprint density at radius 3 is 2.04 bits per heavy atom. The molecule has 0 saturated heterocycles. The van der Waals surface area contributed by atoms with Crippen LogP contribution < -0.4 is 25.3 Å². The second-order valence-corrected chi connectivity index (χ2v) is 5.94. The maximum atomic E-state index is 5.22. The molecule has 3 rings (SSSR count). The summed E-state index contributed by atoms with van der Waals surface area (Å²) in [4.78, 5) is 7.82. The van der Waals surface area contributed by atoms with E-state index in [-0.39, 0.29) is 0 Å². The number of benzene rings is 1. The number of hydrogen-bond acceptors (Lipinski definition) is 11. The van der Waals surface area contributed by atoms with E-state index in [9.17, 15) is 0 Å². The van der Waals surface area contributed by atoms with Crippen LogP contribution in [-0.2, 0) is 6.54 Å². The summed E-state index contributed by atoms with van der Waals surface area (Å²) in [6, 6.07) is 8.60. The Hall–Kier alpha value is -2.66. The van der Waals surface area contributed by atoms with E-state index in [0.29, 0.717) is 23.7 Å². The summed E-state index contributed by atoms with van der Waals surface area (Å²) < 4.78 is 22.4. The molecule has 3 aromatic rings. The van der Waals surface area contributed by atoms with Crippen molar-refractivity contribution in [3.8, 4) is 17.8 Å². The molecule has 0 amide bonds. The lowest BCUT2D eigenvalue weighted by Gasteiger charge is -2.03. The van der Waals surface area contributed by atoms with Gasteiger partial charge in [0.15, 0.2) is 0 Å². The summed E-state index contributed by atoms with van der Waals surface area (Å²) in [6.45, 7) is 0.697. The number of nitrogens with two attached hydrogens (primary N) is 1. The van der Waals surface area contributed by atoms with Gasteiger partial charge in [-0.2, -0.15) is 9.97 Å². The van der Waals surface area contributed by atoms with Crippen LogP contribution in [0.15, 0.2) is 24.3 Å². The molecule has 2 aromatic heterocycles. The van der Waals surface area contributed by atoms with Gasteiger partial charge in [-0.15, -0.1) is 8.75 Å². The number of rotatable bonds is 6. The van der Waals surface area contributed by atoms with Crippen molar-refractivity contribution < 1.29 is 14.2 Å². The van der Waals surface area contributed by atoms with Gasteiger partial charge < -0.3 is 25.3 Å². The molecule has 0 bridgehead atoms. The highest BCUT2D eigenvalue weighted by atomic mass is 32.1. The molecule has 0 unspecified atom stereocenters. The largest absolute Gasteiger partial charge is 0.497 e. The zero-order chi connectivity index (χ0) is 18.1. The minimum atomic E-state index is 0.340. The Bertz CT molecular complexity index is 762. The molecule has 0 saturated carbocycles. The van der Waals surface area contributed by atoms with Gasteiger partial charge in [0.1, 0.15) is 5.75 Å². The van der Waals surface area contributed by atoms with Crippen molar-refractivity contribution in [2.24, 2.45) is 0 Å². The number of anilines is 2. The van der Waals surface area contributed by atoms with E-state index >= 15 is 0 Å². The van der Waals surface area contributed by atoms with E-state index < -0.39 is 0 Å². The minimum absolute atomic E-state index is 0.340. The maximum Gasteiger partial charge on any atom is 0.329 e. The average molecular weight is 382 g/mol. The Labute approximate surface area is 153 Å². The molecular formula is C14H18N6O3S2. The van der Waals surface area contributed by atoms with Gasteiger partial charge in [-0.25, -0.2) is 0 Å². The van der Waals surface area contributed by atoms with Crippen LogP contribution in [0.2, 0.25) is 0 Å². The van der Waals surface area contributed by atoms with Gasteiger partial charge in [0.2, 0.25) is 10.3 Å². The Morgan fingerprint density at radius 2 is 1.56 bits per heavy atom. The molecule has 0 aliphatic rings. The fourth-order valence-corrected chi connectivity index (χ4v) is 2.53. The van der Waals surface area contributed by atoms with Crippen molar-refractivity contribution >= 4 is 33.3 Å². The molecular weight excluding hydrogens is 364 g/mol. The van der Waals surface area contributed by atoms with Gasteiger partial charge in [-0.05, 0) is 17.7 Å². The molecule has 9 nitrogen and oxygen atoms in total. The van der Waals surface area contributed by atoms with Gasteiger partial charge in [-0.3, -0.25) is 0 Å². The van der Waals surface area contributed by atoms with Crippen LogP contribution in [0.25, 0.3) is 0 Å². The van der Waals surface area contributed by atoms with Crippen molar-refractivity contribution in [2.75, 3.05) is 32.4 Å². The highest BCUT2D eigenvalue weighted by Gasteiger charge is 2.02. The lowest BCUT2D eigenvalue weighted by Crippen LogP contribution is -1.98. The molecule has 0 atom stereocenters. The number of aromatic nitrogens is 4. The van der Waals surface area contributed by atoms with Gasteiger partial charge in [0.05, 0.1) is 21.3 Å². The summed E-state index contributed by atoms with van der Waals surface area (Å²) in [7, 11) is 4.71. The Balaban J connectivity index is 0.000000236. The lowest BCUT2D eigenvalue weighted by atomic mass is 10.2. The van der Waals surface area contributed by atoms with Crippen molar-refractivity contribution in [3.63, 3.8) is 0 Å². The summed E-state index contributed by atoms with van der Waals surface area (Å²) in [6.07, 6.45) is 0. The van der Waals surface area contributed by atoms with Crippen LogP contribution >= 0.6 is 23.1 Å². The molecule has 3 N–H and O–H groups in total. The van der Waals surface area contributed by atoms with E-state index in [4.69, 9.17) is 15.2 Å². The van der Waals surface area contributed by atoms with E-state index in [1.807, 2.05) is 24.3 Å². The van der Waals surface area contributed by atoms with E-state index in [0.717, 1.165) is 28.0 Å². The first kappa shape index (κ1) is 18.7. The van der Waals surface area contributed by atoms with Crippen LogP contribution in [0.3, 0.4) is 0 Å². The van der Waals surface area contributed by atoms with Crippen LogP contribution in [0, 0.1) is 0 Å². The van der Waals surface area contributed by atoms with Crippen LogP contribution in [0.4, 0.5) is 10.3 Å². The standard InChI is InChI=1S/C11H13N3O2S.C3H5N3OS/c1-15-9-5-3-8(4-6-9)7-12-11-13-10(16-2)14-17-11;1-7-3-5-2(4)8-6-3/h3-6H,7H2,1-2H3,(H,12,13,14);1H3,(H2,4,5,6). The fourth-order valence-electron chi connectivity index (χ4n) is 1.59. The molecule has 0 aliphatic heterocycles. The molecule has 0 spiro atoms. The average Bonchev–Trinajstić information content (AvgIpc) is 3.29. The maximum absolute atomic E-state index is 5.22. The van der Waals surface area contributed by atoms with E-state index in [2.05, 4.69) is 28.8 Å². The third-order valence-corrected chi connectivity index (χ3v) is 3.98. The van der Waals surface area contributed by atoms with Gasteiger partial charge in [0, 0.05) is 29.6 Å². The number of nitrogens with one attached hydrogen (secondary N) is 1. The number of hydrogen-bond donors (Lipinski definition) is 2. The molecule has 25 heavy (non-hydrogen) atoms. The number of methoxy groups -OCH3 is 3.